The van der Waals surface area contributed by atoms with Gasteiger partial charge in [0.2, 0.25) is 5.91 Å². The molecule has 3 amide bonds. The molecule has 3 aliphatic rings. The van der Waals surface area contributed by atoms with Gasteiger partial charge in [0.15, 0.2) is 0 Å². The van der Waals surface area contributed by atoms with Gasteiger partial charge < -0.3 is 20.4 Å². The van der Waals surface area contributed by atoms with E-state index in [1.807, 2.05) is 12.1 Å². The number of fused-ring (bicyclic) bond motifs is 1. The van der Waals surface area contributed by atoms with Crippen molar-refractivity contribution in [1.29, 1.82) is 10.5 Å². The Morgan fingerprint density at radius 1 is 1.14 bits per heavy atom. The van der Waals surface area contributed by atoms with E-state index in [0.717, 1.165) is 0 Å². The second-order valence-electron chi connectivity index (χ2n) is 7.78. The van der Waals surface area contributed by atoms with Gasteiger partial charge in [0, 0.05) is 31.2 Å². The maximum absolute atomic E-state index is 13.5. The molecule has 2 aliphatic heterocycles. The fraction of sp³-hybridized carbons (Fsp3) is 0.500. The lowest BCUT2D eigenvalue weighted by Crippen LogP contribution is -2.43. The Bertz CT molecular complexity index is 880. The zero-order valence-electron chi connectivity index (χ0n) is 15.7. The molecule has 0 spiro atoms. The summed E-state index contributed by atoms with van der Waals surface area (Å²) in [7, 11) is 0. The van der Waals surface area contributed by atoms with Gasteiger partial charge in [0.1, 0.15) is 12.2 Å². The van der Waals surface area contributed by atoms with Gasteiger partial charge in [-0.15, -0.1) is 0 Å². The number of hydrogen-bond donors (Lipinski definition) is 2. The summed E-state index contributed by atoms with van der Waals surface area (Å²) in [5.41, 5.74) is 1.17. The average Bonchev–Trinajstić information content (AvgIpc) is 3.06. The number of halogens is 1. The number of benzene rings is 1. The summed E-state index contributed by atoms with van der Waals surface area (Å²) in [4.78, 5) is 27.7. The monoisotopic (exact) mass is 396 g/mol. The van der Waals surface area contributed by atoms with E-state index in [1.165, 1.54) is 4.90 Å². The van der Waals surface area contributed by atoms with E-state index < -0.39 is 12.2 Å². The van der Waals surface area contributed by atoms with Gasteiger partial charge in [0.25, 0.3) is 0 Å². The minimum absolute atomic E-state index is 0.0143. The molecule has 2 saturated heterocycles. The van der Waals surface area contributed by atoms with Gasteiger partial charge in [-0.1, -0.05) is 0 Å². The number of anilines is 1. The van der Waals surface area contributed by atoms with Crippen molar-refractivity contribution in [3.63, 3.8) is 0 Å². The largest absolute Gasteiger partial charge is 0.324 e. The maximum atomic E-state index is 13.5. The molecule has 0 bridgehead atoms. The van der Waals surface area contributed by atoms with Crippen LogP contribution in [0, 0.1) is 34.5 Å². The highest BCUT2D eigenvalue weighted by molar-refractivity contribution is 5.89. The Kier molecular flexibility index (Phi) is 5.08. The fourth-order valence-corrected chi connectivity index (χ4v) is 4.32. The summed E-state index contributed by atoms with van der Waals surface area (Å²) in [6.07, 6.45) is -1.05. The molecule has 0 radical (unpaired) electrons. The van der Waals surface area contributed by atoms with Crippen molar-refractivity contribution >= 4 is 17.6 Å². The minimum atomic E-state index is -1.13. The molecule has 1 aromatic rings. The lowest BCUT2D eigenvalue weighted by molar-refractivity contribution is -0.130. The number of urea groups is 1. The SMILES string of the molecule is N#Cc1ccc(NC(=O)N2CC3C(C2)C3NCC(=O)N2CC(F)CC2C#N)cc1. The van der Waals surface area contributed by atoms with Gasteiger partial charge in [-0.25, -0.2) is 9.18 Å². The van der Waals surface area contributed by atoms with Crippen LogP contribution < -0.4 is 10.6 Å². The van der Waals surface area contributed by atoms with Crippen LogP contribution in [-0.2, 0) is 4.79 Å². The Labute approximate surface area is 167 Å². The smallest absolute Gasteiger partial charge is 0.321 e. The Morgan fingerprint density at radius 3 is 2.45 bits per heavy atom. The summed E-state index contributed by atoms with van der Waals surface area (Å²) < 4.78 is 13.5. The van der Waals surface area contributed by atoms with Gasteiger partial charge in [-0.05, 0) is 36.1 Å². The van der Waals surface area contributed by atoms with Crippen molar-refractivity contribution in [2.75, 3.05) is 31.5 Å². The quantitative estimate of drug-likeness (QED) is 0.791. The second-order valence-corrected chi connectivity index (χ2v) is 7.78. The third-order valence-electron chi connectivity index (χ3n) is 5.95. The molecular weight excluding hydrogens is 375 g/mol. The molecule has 0 aromatic heterocycles. The molecule has 4 atom stereocenters. The summed E-state index contributed by atoms with van der Waals surface area (Å²) >= 11 is 0. The van der Waals surface area contributed by atoms with Crippen LogP contribution in [0.1, 0.15) is 12.0 Å². The van der Waals surface area contributed by atoms with Gasteiger partial charge >= 0.3 is 6.03 Å². The first-order chi connectivity index (χ1) is 14.0. The highest BCUT2D eigenvalue weighted by atomic mass is 19.1. The number of hydrogen-bond acceptors (Lipinski definition) is 5. The summed E-state index contributed by atoms with van der Waals surface area (Å²) in [5.74, 6) is 0.347. The predicted molar refractivity (Wildman–Crippen MR) is 101 cm³/mol. The number of nitriles is 2. The van der Waals surface area contributed by atoms with Crippen LogP contribution in [0.2, 0.25) is 0 Å². The van der Waals surface area contributed by atoms with E-state index in [2.05, 4.69) is 10.6 Å². The lowest BCUT2D eigenvalue weighted by Gasteiger charge is -2.22. The Balaban J connectivity index is 1.21. The van der Waals surface area contributed by atoms with Gasteiger partial charge in [-0.2, -0.15) is 10.5 Å². The number of piperidine rings is 1. The van der Waals surface area contributed by atoms with E-state index >= 15 is 0 Å². The zero-order chi connectivity index (χ0) is 20.5. The van der Waals surface area contributed by atoms with Crippen molar-refractivity contribution in [2.24, 2.45) is 11.8 Å². The molecule has 9 heteroatoms. The summed E-state index contributed by atoms with van der Waals surface area (Å²) in [6.45, 7) is 1.28. The topological polar surface area (TPSA) is 112 Å². The number of rotatable bonds is 4. The van der Waals surface area contributed by atoms with Crippen LogP contribution in [0.15, 0.2) is 24.3 Å². The van der Waals surface area contributed by atoms with Crippen LogP contribution in [-0.4, -0.2) is 66.2 Å². The number of alkyl halides is 1. The van der Waals surface area contributed by atoms with Crippen molar-refractivity contribution < 1.29 is 14.0 Å². The third-order valence-corrected chi connectivity index (χ3v) is 5.95. The molecule has 1 aliphatic carbocycles. The fourth-order valence-electron chi connectivity index (χ4n) is 4.32. The van der Waals surface area contributed by atoms with Crippen LogP contribution >= 0.6 is 0 Å². The predicted octanol–water partition coefficient (Wildman–Crippen LogP) is 1.07. The van der Waals surface area contributed by atoms with Crippen molar-refractivity contribution in [3.8, 4) is 12.1 Å². The summed E-state index contributed by atoms with van der Waals surface area (Å²) in [6, 6.07) is 10.0. The molecule has 2 N–H and O–H groups in total. The van der Waals surface area contributed by atoms with Crippen molar-refractivity contribution in [1.82, 2.24) is 15.1 Å². The minimum Gasteiger partial charge on any atom is -0.324 e. The number of amides is 3. The van der Waals surface area contributed by atoms with Crippen molar-refractivity contribution in [3.05, 3.63) is 29.8 Å². The first-order valence-electron chi connectivity index (χ1n) is 9.62. The van der Waals surface area contributed by atoms with E-state index in [-0.39, 0.29) is 37.5 Å². The van der Waals surface area contributed by atoms with E-state index in [1.54, 1.807) is 29.2 Å². The average molecular weight is 396 g/mol. The molecule has 1 saturated carbocycles. The first kappa shape index (κ1) is 19.2. The molecule has 150 valence electrons. The molecule has 29 heavy (non-hydrogen) atoms. The molecule has 1 aromatic carbocycles. The van der Waals surface area contributed by atoms with Crippen LogP contribution in [0.3, 0.4) is 0 Å². The van der Waals surface area contributed by atoms with Crippen LogP contribution in [0.25, 0.3) is 0 Å². The number of carbonyl (C=O) groups excluding carboxylic acids is 2. The summed E-state index contributed by atoms with van der Waals surface area (Å²) in [5, 5.41) is 23.9. The maximum Gasteiger partial charge on any atom is 0.321 e. The van der Waals surface area contributed by atoms with Gasteiger partial charge in [-0.3, -0.25) is 4.79 Å². The molecule has 4 rings (SSSR count). The Hall–Kier alpha value is -3.17. The second kappa shape index (κ2) is 7.69. The zero-order valence-corrected chi connectivity index (χ0v) is 15.7. The standard InChI is InChI=1S/C20H21FN6O2/c21-13-5-15(7-23)27(9-13)18(28)8-24-19-16-10-26(11-17(16)19)20(29)25-14-3-1-12(6-22)2-4-14/h1-4,13,15-17,19,24H,5,8-11H2,(H,25,29). The first-order valence-corrected chi connectivity index (χ1v) is 9.62. The van der Waals surface area contributed by atoms with E-state index in [9.17, 15) is 14.0 Å². The number of carbonyl (C=O) groups is 2. The normalized spacial score (nSPS) is 29.7. The van der Waals surface area contributed by atoms with Crippen molar-refractivity contribution in [2.45, 2.75) is 24.7 Å². The third kappa shape index (κ3) is 3.87. The highest BCUT2D eigenvalue weighted by Crippen LogP contribution is 2.45. The molecule has 4 unspecified atom stereocenters. The van der Waals surface area contributed by atoms with Gasteiger partial charge in [0.05, 0.1) is 30.8 Å². The number of nitrogens with one attached hydrogen (secondary N) is 2. The van der Waals surface area contributed by atoms with E-state index in [0.29, 0.717) is 36.2 Å². The molecule has 8 nitrogen and oxygen atoms in total. The molecular formula is C20H21FN6O2. The molecule has 2 heterocycles. The molecule has 3 fully saturated rings. The number of likely N-dealkylation sites (tertiary alicyclic amines) is 2. The number of nitrogens with zero attached hydrogens (tertiary/aromatic N) is 4. The lowest BCUT2D eigenvalue weighted by atomic mass is 10.2. The van der Waals surface area contributed by atoms with E-state index in [4.69, 9.17) is 10.5 Å². The van der Waals surface area contributed by atoms with Crippen LogP contribution in [0.5, 0.6) is 0 Å². The highest BCUT2D eigenvalue weighted by Gasteiger charge is 2.56. The Morgan fingerprint density at radius 2 is 1.83 bits per heavy atom. The van der Waals surface area contributed by atoms with Crippen LogP contribution in [0.4, 0.5) is 14.9 Å².